The first-order chi connectivity index (χ1) is 24.0. The van der Waals surface area contributed by atoms with Crippen molar-refractivity contribution in [1.82, 2.24) is 5.32 Å². The lowest BCUT2D eigenvalue weighted by Crippen LogP contribution is -2.23. The van der Waals surface area contributed by atoms with E-state index in [-0.39, 0.29) is 11.5 Å². The smallest absolute Gasteiger partial charge is 0.0719 e. The highest BCUT2D eigenvalue weighted by molar-refractivity contribution is 5.99. The molecule has 1 heterocycles. The number of benzene rings is 7. The van der Waals surface area contributed by atoms with Crippen molar-refractivity contribution in [3.8, 4) is 33.4 Å². The molecule has 1 aliphatic heterocycles. The third-order valence-electron chi connectivity index (χ3n) is 10.5. The van der Waals surface area contributed by atoms with Gasteiger partial charge in [-0.15, -0.1) is 0 Å². The molecule has 1 N–H and O–H groups in total. The highest BCUT2D eigenvalue weighted by Gasteiger charge is 2.39. The van der Waals surface area contributed by atoms with Crippen molar-refractivity contribution < 1.29 is 0 Å². The topological polar surface area (TPSA) is 12.0 Å². The molecule has 49 heavy (non-hydrogen) atoms. The Bertz CT molecular complexity index is 2390. The quantitative estimate of drug-likeness (QED) is 0.200. The van der Waals surface area contributed by atoms with E-state index in [0.717, 1.165) is 5.70 Å². The number of nitrogens with one attached hydrogen (secondary N) is 1. The second-order valence-electron chi connectivity index (χ2n) is 13.8. The third kappa shape index (κ3) is 5.02. The molecule has 0 bridgehead atoms. The molecule has 0 saturated carbocycles. The molecule has 0 radical (unpaired) electrons. The monoisotopic (exact) mass is 627 g/mol. The number of fused-ring (bicyclic) bond motifs is 4. The first kappa shape index (κ1) is 29.2. The summed E-state index contributed by atoms with van der Waals surface area (Å²) in [5.74, 6) is 0. The van der Waals surface area contributed by atoms with Crippen LogP contribution in [0.4, 0.5) is 0 Å². The standard InChI is InChI=1S/C48H37N/c1-48(2)42-20-12-11-19-41(42)46-43(48)29-38-17-9-10-18-40(38)47(46)45-31-39(36-23-21-34(22-24-36)32-13-5-3-6-14-32)30-44(49-45)37-27-25-35(26-28-37)33-15-7-4-8-16-33/h3-31,45,49H,1-2H3. The summed E-state index contributed by atoms with van der Waals surface area (Å²) in [6.07, 6.45) is 4.77. The lowest BCUT2D eigenvalue weighted by Gasteiger charge is -2.29. The predicted octanol–water partition coefficient (Wildman–Crippen LogP) is 12.2. The van der Waals surface area contributed by atoms with Crippen molar-refractivity contribution in [3.05, 3.63) is 204 Å². The third-order valence-corrected chi connectivity index (χ3v) is 10.5. The van der Waals surface area contributed by atoms with Gasteiger partial charge in [-0.05, 0) is 95.8 Å². The predicted molar refractivity (Wildman–Crippen MR) is 207 cm³/mol. The van der Waals surface area contributed by atoms with Crippen molar-refractivity contribution in [3.63, 3.8) is 0 Å². The zero-order chi connectivity index (χ0) is 33.0. The maximum Gasteiger partial charge on any atom is 0.0719 e. The molecule has 7 aromatic carbocycles. The van der Waals surface area contributed by atoms with Gasteiger partial charge >= 0.3 is 0 Å². The van der Waals surface area contributed by atoms with Crippen LogP contribution in [0, 0.1) is 0 Å². The summed E-state index contributed by atoms with van der Waals surface area (Å²) in [5, 5.41) is 6.62. The summed E-state index contributed by atoms with van der Waals surface area (Å²) in [6, 6.07) is 59.6. The molecule has 1 heteroatoms. The van der Waals surface area contributed by atoms with Gasteiger partial charge in [0.05, 0.1) is 6.04 Å². The molecule has 9 rings (SSSR count). The van der Waals surface area contributed by atoms with Crippen molar-refractivity contribution in [2.45, 2.75) is 25.3 Å². The Balaban J connectivity index is 1.22. The van der Waals surface area contributed by atoms with E-state index in [1.807, 2.05) is 0 Å². The largest absolute Gasteiger partial charge is 0.374 e. The Morgan fingerprint density at radius 2 is 1.02 bits per heavy atom. The van der Waals surface area contributed by atoms with E-state index in [9.17, 15) is 0 Å². The fourth-order valence-electron chi connectivity index (χ4n) is 7.97. The van der Waals surface area contributed by atoms with Gasteiger partial charge in [0.1, 0.15) is 0 Å². The number of rotatable bonds is 5. The van der Waals surface area contributed by atoms with Crippen LogP contribution in [0.2, 0.25) is 0 Å². The minimum atomic E-state index is -0.0921. The zero-order valence-corrected chi connectivity index (χ0v) is 27.8. The molecule has 2 aliphatic rings. The molecule has 1 aliphatic carbocycles. The first-order valence-corrected chi connectivity index (χ1v) is 17.2. The Kier molecular flexibility index (Phi) is 6.95. The van der Waals surface area contributed by atoms with Crippen LogP contribution in [0.3, 0.4) is 0 Å². The number of hydrogen-bond donors (Lipinski definition) is 1. The van der Waals surface area contributed by atoms with Crippen LogP contribution in [0.5, 0.6) is 0 Å². The van der Waals surface area contributed by atoms with Crippen molar-refractivity contribution >= 4 is 22.0 Å². The molecule has 234 valence electrons. The highest BCUT2D eigenvalue weighted by atomic mass is 14.9. The van der Waals surface area contributed by atoms with Gasteiger partial charge in [0, 0.05) is 11.1 Å². The van der Waals surface area contributed by atoms with Crippen LogP contribution in [0.15, 0.2) is 176 Å². The summed E-state index contributed by atoms with van der Waals surface area (Å²) in [4.78, 5) is 0. The van der Waals surface area contributed by atoms with Crippen LogP contribution in [-0.2, 0) is 5.41 Å². The summed E-state index contributed by atoms with van der Waals surface area (Å²) in [6.45, 7) is 4.75. The van der Waals surface area contributed by atoms with E-state index in [0.29, 0.717) is 0 Å². The Morgan fingerprint density at radius 3 is 1.69 bits per heavy atom. The molecule has 1 nitrogen and oxygen atoms in total. The lowest BCUT2D eigenvalue weighted by molar-refractivity contribution is 0.660. The molecule has 1 unspecified atom stereocenters. The minimum absolute atomic E-state index is 0.0422. The SMILES string of the molecule is CC1(C)c2ccccc2-c2c1cc1ccccc1c2C1C=C(c2ccc(-c3ccccc3)cc2)C=C(c2ccc(-c3ccccc3)cc2)N1. The zero-order valence-electron chi connectivity index (χ0n) is 27.8. The fraction of sp³-hybridized carbons (Fsp3) is 0.0833. The van der Waals surface area contributed by atoms with E-state index < -0.39 is 0 Å². The maximum atomic E-state index is 4.05. The van der Waals surface area contributed by atoms with E-state index in [1.54, 1.807) is 0 Å². The fourth-order valence-corrected chi connectivity index (χ4v) is 7.97. The lowest BCUT2D eigenvalue weighted by atomic mass is 9.80. The maximum absolute atomic E-state index is 4.05. The van der Waals surface area contributed by atoms with Crippen molar-refractivity contribution in [2.24, 2.45) is 0 Å². The van der Waals surface area contributed by atoms with Gasteiger partial charge in [-0.3, -0.25) is 0 Å². The van der Waals surface area contributed by atoms with Crippen molar-refractivity contribution in [2.75, 3.05) is 0 Å². The number of dihydropyridines is 1. The summed E-state index contributed by atoms with van der Waals surface area (Å²) in [5.41, 5.74) is 16.4. The summed E-state index contributed by atoms with van der Waals surface area (Å²) >= 11 is 0. The second kappa shape index (κ2) is 11.6. The average Bonchev–Trinajstić information content (AvgIpc) is 3.40. The Labute approximate surface area is 288 Å². The first-order valence-electron chi connectivity index (χ1n) is 17.2. The van der Waals surface area contributed by atoms with Gasteiger partial charge in [0.2, 0.25) is 0 Å². The summed E-state index contributed by atoms with van der Waals surface area (Å²) in [7, 11) is 0. The normalized spacial score (nSPS) is 15.9. The van der Waals surface area contributed by atoms with Crippen LogP contribution in [-0.4, -0.2) is 0 Å². The van der Waals surface area contributed by atoms with E-state index in [4.69, 9.17) is 0 Å². The van der Waals surface area contributed by atoms with Gasteiger partial charge in [-0.25, -0.2) is 0 Å². The molecule has 1 atom stereocenters. The Morgan fingerprint density at radius 1 is 0.490 bits per heavy atom. The van der Waals surface area contributed by atoms with Crippen LogP contribution < -0.4 is 5.32 Å². The van der Waals surface area contributed by atoms with Crippen LogP contribution >= 0.6 is 0 Å². The van der Waals surface area contributed by atoms with E-state index in [1.165, 1.54) is 77.5 Å². The summed E-state index contributed by atoms with van der Waals surface area (Å²) < 4.78 is 0. The minimum Gasteiger partial charge on any atom is -0.374 e. The molecular formula is C48H37N. The van der Waals surface area contributed by atoms with Gasteiger partial charge in [0.25, 0.3) is 0 Å². The molecule has 0 saturated heterocycles. The molecule has 0 aromatic heterocycles. The molecular weight excluding hydrogens is 591 g/mol. The van der Waals surface area contributed by atoms with E-state index >= 15 is 0 Å². The molecule has 0 fully saturated rings. The Hall–Kier alpha value is -5.92. The second-order valence-corrected chi connectivity index (χ2v) is 13.8. The van der Waals surface area contributed by atoms with E-state index in [2.05, 4.69) is 195 Å². The highest BCUT2D eigenvalue weighted by Crippen LogP contribution is 2.53. The molecule has 0 spiro atoms. The van der Waals surface area contributed by atoms with Gasteiger partial charge in [0.15, 0.2) is 0 Å². The van der Waals surface area contributed by atoms with Crippen LogP contribution in [0.1, 0.15) is 47.7 Å². The number of hydrogen-bond acceptors (Lipinski definition) is 1. The van der Waals surface area contributed by atoms with Gasteiger partial charge < -0.3 is 5.32 Å². The average molecular weight is 628 g/mol. The van der Waals surface area contributed by atoms with Gasteiger partial charge in [-0.1, -0.05) is 172 Å². The molecule has 7 aromatic rings. The number of allylic oxidation sites excluding steroid dienone is 2. The van der Waals surface area contributed by atoms with Gasteiger partial charge in [-0.2, -0.15) is 0 Å². The molecule has 0 amide bonds. The van der Waals surface area contributed by atoms with Crippen LogP contribution in [0.25, 0.3) is 55.4 Å². The van der Waals surface area contributed by atoms with Crippen molar-refractivity contribution in [1.29, 1.82) is 0 Å².